The van der Waals surface area contributed by atoms with Gasteiger partial charge in [-0.25, -0.2) is 0 Å². The maximum absolute atomic E-state index is 12.4. The lowest BCUT2D eigenvalue weighted by Crippen LogP contribution is -2.04. The van der Waals surface area contributed by atoms with Crippen LogP contribution in [0.25, 0.3) is 0 Å². The molecule has 0 fully saturated rings. The first kappa shape index (κ1) is 13.1. The highest BCUT2D eigenvalue weighted by Crippen LogP contribution is 2.23. The molecule has 1 nitrogen and oxygen atoms in total. The van der Waals surface area contributed by atoms with E-state index in [0.29, 0.717) is 21.2 Å². The van der Waals surface area contributed by atoms with Crippen LogP contribution < -0.4 is 0 Å². The smallest absolute Gasteiger partial charge is 0.193 e. The minimum absolute atomic E-state index is 0.0102. The average Bonchev–Trinajstić information content (AvgIpc) is 2.34. The normalized spacial score (nSPS) is 10.4. The number of aryl methyl sites for hydroxylation is 2. The zero-order chi connectivity index (χ0) is 13.3. The second kappa shape index (κ2) is 5.13. The zero-order valence-electron chi connectivity index (χ0n) is 10.1. The fourth-order valence-electron chi connectivity index (χ4n) is 1.78. The van der Waals surface area contributed by atoms with Gasteiger partial charge in [-0.1, -0.05) is 23.2 Å². The maximum atomic E-state index is 12.4. The van der Waals surface area contributed by atoms with Crippen molar-refractivity contribution in [1.29, 1.82) is 0 Å². The first-order valence-electron chi connectivity index (χ1n) is 5.56. The van der Waals surface area contributed by atoms with Crippen LogP contribution >= 0.6 is 23.2 Å². The lowest BCUT2D eigenvalue weighted by molar-refractivity contribution is 0.103. The van der Waals surface area contributed by atoms with Crippen LogP contribution in [-0.2, 0) is 0 Å². The predicted octanol–water partition coefficient (Wildman–Crippen LogP) is 4.84. The highest BCUT2D eigenvalue weighted by molar-refractivity contribution is 6.31. The summed E-state index contributed by atoms with van der Waals surface area (Å²) in [6.07, 6.45) is 0. The van der Waals surface area contributed by atoms with Crippen molar-refractivity contribution in [1.82, 2.24) is 0 Å². The second-order valence-electron chi connectivity index (χ2n) is 4.25. The third kappa shape index (κ3) is 2.58. The van der Waals surface area contributed by atoms with E-state index in [1.54, 1.807) is 24.3 Å². The molecular weight excluding hydrogens is 267 g/mol. The Morgan fingerprint density at radius 1 is 0.944 bits per heavy atom. The molecule has 3 heteroatoms. The molecule has 18 heavy (non-hydrogen) atoms. The molecule has 0 aromatic heterocycles. The first-order valence-corrected chi connectivity index (χ1v) is 6.31. The molecule has 0 aliphatic rings. The summed E-state index contributed by atoms with van der Waals surface area (Å²) in [6, 6.07) is 10.5. The maximum Gasteiger partial charge on any atom is 0.193 e. The van der Waals surface area contributed by atoms with Gasteiger partial charge in [0.1, 0.15) is 0 Å². The monoisotopic (exact) mass is 278 g/mol. The highest BCUT2D eigenvalue weighted by Gasteiger charge is 2.13. The fourth-order valence-corrected chi connectivity index (χ4v) is 2.13. The van der Waals surface area contributed by atoms with Gasteiger partial charge in [-0.3, -0.25) is 4.79 Å². The minimum atomic E-state index is -0.0102. The zero-order valence-corrected chi connectivity index (χ0v) is 11.6. The Morgan fingerprint density at radius 2 is 1.56 bits per heavy atom. The summed E-state index contributed by atoms with van der Waals surface area (Å²) in [5.41, 5.74) is 3.09. The number of carbonyl (C=O) groups is 1. The van der Waals surface area contributed by atoms with Crippen molar-refractivity contribution in [3.05, 3.63) is 68.7 Å². The van der Waals surface area contributed by atoms with Gasteiger partial charge in [-0.05, 0) is 61.4 Å². The van der Waals surface area contributed by atoms with Gasteiger partial charge >= 0.3 is 0 Å². The molecule has 2 aromatic rings. The van der Waals surface area contributed by atoms with E-state index in [4.69, 9.17) is 23.2 Å². The van der Waals surface area contributed by atoms with Crippen LogP contribution in [0.15, 0.2) is 36.4 Å². The van der Waals surface area contributed by atoms with Gasteiger partial charge in [0.05, 0.1) is 0 Å². The van der Waals surface area contributed by atoms with Gasteiger partial charge < -0.3 is 0 Å². The van der Waals surface area contributed by atoms with E-state index in [1.165, 1.54) is 0 Å². The van der Waals surface area contributed by atoms with Crippen molar-refractivity contribution in [2.24, 2.45) is 0 Å². The SMILES string of the molecule is Cc1cc(C(=O)c2ccc(Cl)cc2)c(C)cc1Cl. The van der Waals surface area contributed by atoms with Crippen molar-refractivity contribution in [2.45, 2.75) is 13.8 Å². The van der Waals surface area contributed by atoms with Crippen molar-refractivity contribution >= 4 is 29.0 Å². The number of halogens is 2. The molecule has 0 unspecified atom stereocenters. The Bertz CT molecular complexity index is 601. The van der Waals surface area contributed by atoms with Crippen LogP contribution in [0.5, 0.6) is 0 Å². The molecule has 0 N–H and O–H groups in total. The Balaban J connectivity index is 2.46. The van der Waals surface area contributed by atoms with E-state index >= 15 is 0 Å². The van der Waals surface area contributed by atoms with E-state index < -0.39 is 0 Å². The first-order chi connectivity index (χ1) is 8.49. The summed E-state index contributed by atoms with van der Waals surface area (Å²) in [5, 5.41) is 1.30. The molecule has 0 amide bonds. The summed E-state index contributed by atoms with van der Waals surface area (Å²) in [7, 11) is 0. The Kier molecular flexibility index (Phi) is 3.74. The third-order valence-electron chi connectivity index (χ3n) is 2.86. The fraction of sp³-hybridized carbons (Fsp3) is 0.133. The van der Waals surface area contributed by atoms with E-state index in [1.807, 2.05) is 26.0 Å². The molecular formula is C15H12Cl2O. The molecule has 0 atom stereocenters. The van der Waals surface area contributed by atoms with E-state index in [0.717, 1.165) is 11.1 Å². The van der Waals surface area contributed by atoms with Gasteiger partial charge in [0.2, 0.25) is 0 Å². The number of rotatable bonds is 2. The molecule has 92 valence electrons. The standard InChI is InChI=1S/C15H12Cl2O/c1-9-8-14(17)10(2)7-13(9)15(18)11-3-5-12(16)6-4-11/h3-8H,1-2H3. The molecule has 0 saturated carbocycles. The summed E-state index contributed by atoms with van der Waals surface area (Å²) < 4.78 is 0. The van der Waals surface area contributed by atoms with E-state index in [-0.39, 0.29) is 5.78 Å². The van der Waals surface area contributed by atoms with Crippen molar-refractivity contribution in [3.63, 3.8) is 0 Å². The largest absolute Gasteiger partial charge is 0.289 e. The molecule has 0 saturated heterocycles. The molecule has 0 spiro atoms. The number of ketones is 1. The van der Waals surface area contributed by atoms with Crippen LogP contribution in [0.3, 0.4) is 0 Å². The molecule has 2 aromatic carbocycles. The summed E-state index contributed by atoms with van der Waals surface area (Å²) in [5.74, 6) is -0.0102. The molecule has 0 heterocycles. The van der Waals surface area contributed by atoms with Gasteiger partial charge in [0.15, 0.2) is 5.78 Å². The average molecular weight is 279 g/mol. The molecule has 0 aliphatic carbocycles. The number of hydrogen-bond acceptors (Lipinski definition) is 1. The van der Waals surface area contributed by atoms with Crippen LogP contribution in [0.2, 0.25) is 10.0 Å². The summed E-state index contributed by atoms with van der Waals surface area (Å²) >= 11 is 11.8. The van der Waals surface area contributed by atoms with Crippen molar-refractivity contribution in [2.75, 3.05) is 0 Å². The second-order valence-corrected chi connectivity index (χ2v) is 5.10. The molecule has 0 bridgehead atoms. The predicted molar refractivity (Wildman–Crippen MR) is 75.8 cm³/mol. The van der Waals surface area contributed by atoms with Gasteiger partial charge in [0, 0.05) is 21.2 Å². The summed E-state index contributed by atoms with van der Waals surface area (Å²) in [6.45, 7) is 3.77. The van der Waals surface area contributed by atoms with Crippen molar-refractivity contribution in [3.8, 4) is 0 Å². The Hall–Kier alpha value is -1.31. The van der Waals surface area contributed by atoms with Gasteiger partial charge in [0.25, 0.3) is 0 Å². The van der Waals surface area contributed by atoms with E-state index in [9.17, 15) is 4.79 Å². The van der Waals surface area contributed by atoms with Crippen LogP contribution in [0.4, 0.5) is 0 Å². The van der Waals surface area contributed by atoms with E-state index in [2.05, 4.69) is 0 Å². The lowest BCUT2D eigenvalue weighted by atomic mass is 9.97. The van der Waals surface area contributed by atoms with Crippen LogP contribution in [0, 0.1) is 13.8 Å². The molecule has 2 rings (SSSR count). The Labute approximate surface area is 116 Å². The minimum Gasteiger partial charge on any atom is -0.289 e. The van der Waals surface area contributed by atoms with Crippen LogP contribution in [-0.4, -0.2) is 5.78 Å². The highest BCUT2D eigenvalue weighted by atomic mass is 35.5. The van der Waals surface area contributed by atoms with Crippen LogP contribution in [0.1, 0.15) is 27.0 Å². The van der Waals surface area contributed by atoms with Gasteiger partial charge in [-0.15, -0.1) is 0 Å². The molecule has 0 aliphatic heterocycles. The molecule has 0 radical (unpaired) electrons. The number of benzene rings is 2. The topological polar surface area (TPSA) is 17.1 Å². The van der Waals surface area contributed by atoms with Gasteiger partial charge in [-0.2, -0.15) is 0 Å². The summed E-state index contributed by atoms with van der Waals surface area (Å²) in [4.78, 5) is 12.4. The number of carbonyl (C=O) groups excluding carboxylic acids is 1. The third-order valence-corrected chi connectivity index (χ3v) is 3.52. The van der Waals surface area contributed by atoms with Crippen molar-refractivity contribution < 1.29 is 4.79 Å². The lowest BCUT2D eigenvalue weighted by Gasteiger charge is -2.08. The number of hydrogen-bond donors (Lipinski definition) is 0. The quantitative estimate of drug-likeness (QED) is 0.719. The Morgan fingerprint density at radius 3 is 2.17 bits per heavy atom.